The topological polar surface area (TPSA) is 0 Å². The van der Waals surface area contributed by atoms with E-state index in [1.807, 2.05) is 0 Å². The summed E-state index contributed by atoms with van der Waals surface area (Å²) in [4.78, 5) is 0. The normalized spacial score (nSPS) is 6.55. The molecule has 0 saturated heterocycles. The molecule has 0 radical (unpaired) electrons. The summed E-state index contributed by atoms with van der Waals surface area (Å²) in [7, 11) is 0. The average Bonchev–Trinajstić information content (AvgIpc) is 1.25. The first-order valence-corrected chi connectivity index (χ1v) is 3.13. The molecule has 3 heteroatoms. The van der Waals surface area contributed by atoms with Crippen LogP contribution >= 0.6 is 24.8 Å². The zero-order chi connectivity index (χ0) is 7.15. The van der Waals surface area contributed by atoms with E-state index >= 15 is 0 Å². The Morgan fingerprint density at radius 1 is 0.727 bits per heavy atom. The predicted molar refractivity (Wildman–Crippen MR) is 54.9 cm³/mol. The Hall–Kier alpha value is 1.29. The molecule has 0 N–H and O–H groups in total. The molecular weight excluding hydrogens is 215 g/mol. The van der Waals surface area contributed by atoms with E-state index in [0.29, 0.717) is 11.8 Å². The van der Waals surface area contributed by atoms with Crippen LogP contribution in [0.2, 0.25) is 0 Å². The van der Waals surface area contributed by atoms with Crippen molar-refractivity contribution in [1.82, 2.24) is 0 Å². The maximum atomic E-state index is 3.64. The van der Waals surface area contributed by atoms with E-state index in [4.69, 9.17) is 0 Å². The summed E-state index contributed by atoms with van der Waals surface area (Å²) in [6.07, 6.45) is 0. The number of hydrogen-bond acceptors (Lipinski definition) is 0. The molecule has 0 rings (SSSR count). The van der Waals surface area contributed by atoms with Gasteiger partial charge in [-0.2, -0.15) is 11.8 Å². The van der Waals surface area contributed by atoms with Gasteiger partial charge >= 0.3 is 21.7 Å². The fraction of sp³-hybridized carbons (Fsp3) is 0.750. The van der Waals surface area contributed by atoms with Gasteiger partial charge in [-0.25, -0.2) is 0 Å². The smallest absolute Gasteiger partial charge is 0.341 e. The van der Waals surface area contributed by atoms with Crippen LogP contribution < -0.4 is 0 Å². The Balaban J connectivity index is -0.0000000171. The van der Waals surface area contributed by atoms with Crippen LogP contribution in [0.1, 0.15) is 27.7 Å². The first-order chi connectivity index (χ1) is 3.46. The van der Waals surface area contributed by atoms with Gasteiger partial charge in [0.05, 0.1) is 0 Å². The van der Waals surface area contributed by atoms with E-state index in [2.05, 4.69) is 41.5 Å². The first-order valence-electron chi connectivity index (χ1n) is 3.13. The minimum absolute atomic E-state index is 0. The Bertz CT molecular complexity index is 27.6. The van der Waals surface area contributed by atoms with Gasteiger partial charge in [0, 0.05) is 0 Å². The molecule has 11 heavy (non-hydrogen) atoms. The van der Waals surface area contributed by atoms with Crippen LogP contribution in [-0.2, 0) is 21.7 Å². The summed E-state index contributed by atoms with van der Waals surface area (Å²) >= 11 is 0. The molecule has 0 bridgehead atoms. The van der Waals surface area contributed by atoms with E-state index in [1.165, 1.54) is 0 Å². The monoisotopic (exact) mass is 234 g/mol. The Morgan fingerprint density at radius 2 is 0.727 bits per heavy atom. The molecule has 0 aromatic heterocycles. The summed E-state index contributed by atoms with van der Waals surface area (Å²) in [6.45, 7) is 15.5. The fourth-order valence-corrected chi connectivity index (χ4v) is 0. The Labute approximate surface area is 99.6 Å². The standard InChI is InChI=1S/2C4H9.2ClH.Ti/c2*1-4(2)3;;;/h2*4H,1H2,2-3H3;2*1H;/q2*-1;;;+2. The van der Waals surface area contributed by atoms with Gasteiger partial charge in [-0.15, -0.1) is 24.8 Å². The van der Waals surface area contributed by atoms with Gasteiger partial charge in [0.1, 0.15) is 0 Å². The molecule has 0 heterocycles. The molecular formula is C8H20Cl2Ti. The van der Waals surface area contributed by atoms with E-state index in [0.717, 1.165) is 0 Å². The fourth-order valence-electron chi connectivity index (χ4n) is 0. The largest absolute Gasteiger partial charge is 2.00 e. The van der Waals surface area contributed by atoms with Crippen LogP contribution in [0.15, 0.2) is 0 Å². The minimum Gasteiger partial charge on any atom is -0.341 e. The molecule has 0 amide bonds. The van der Waals surface area contributed by atoms with E-state index in [9.17, 15) is 0 Å². The molecule has 0 aliphatic carbocycles. The van der Waals surface area contributed by atoms with Crippen LogP contribution in [0.5, 0.6) is 0 Å². The van der Waals surface area contributed by atoms with Crippen molar-refractivity contribution >= 4 is 24.8 Å². The van der Waals surface area contributed by atoms with Crippen LogP contribution in [-0.4, -0.2) is 0 Å². The molecule has 70 valence electrons. The maximum Gasteiger partial charge on any atom is 2.00 e. The van der Waals surface area contributed by atoms with Gasteiger partial charge in [-0.1, -0.05) is 27.7 Å². The van der Waals surface area contributed by atoms with Gasteiger partial charge in [0.15, 0.2) is 0 Å². The van der Waals surface area contributed by atoms with Crippen molar-refractivity contribution in [3.63, 3.8) is 0 Å². The predicted octanol–water partition coefficient (Wildman–Crippen LogP) is 3.79. The molecule has 0 nitrogen and oxygen atoms in total. The Morgan fingerprint density at radius 3 is 0.727 bits per heavy atom. The van der Waals surface area contributed by atoms with E-state index < -0.39 is 0 Å². The van der Waals surface area contributed by atoms with Gasteiger partial charge in [-0.3, -0.25) is 0 Å². The van der Waals surface area contributed by atoms with Crippen molar-refractivity contribution in [2.75, 3.05) is 0 Å². The second kappa shape index (κ2) is 22.5. The zero-order valence-corrected chi connectivity index (χ0v) is 11.1. The first kappa shape index (κ1) is 29.5. The summed E-state index contributed by atoms with van der Waals surface area (Å²) < 4.78 is 0. The molecule has 0 aromatic rings. The molecule has 0 aliphatic rings. The maximum absolute atomic E-state index is 3.64. The second-order valence-electron chi connectivity index (χ2n) is 2.79. The van der Waals surface area contributed by atoms with Crippen LogP contribution in [0.25, 0.3) is 0 Å². The molecule has 0 aromatic carbocycles. The SMILES string of the molecule is Cl.Cl.[CH2-]C(C)C.[CH2-]C(C)C.[Ti+2]. The van der Waals surface area contributed by atoms with Crippen molar-refractivity contribution in [3.8, 4) is 0 Å². The molecule has 0 saturated carbocycles. The minimum atomic E-state index is 0. The van der Waals surface area contributed by atoms with Gasteiger partial charge in [0.25, 0.3) is 0 Å². The van der Waals surface area contributed by atoms with Gasteiger partial charge in [-0.05, 0) is 0 Å². The van der Waals surface area contributed by atoms with Crippen molar-refractivity contribution < 1.29 is 21.7 Å². The third-order valence-corrected chi connectivity index (χ3v) is 0. The average molecular weight is 235 g/mol. The second-order valence-corrected chi connectivity index (χ2v) is 2.79. The summed E-state index contributed by atoms with van der Waals surface area (Å²) in [5.74, 6) is 1.17. The molecule has 0 atom stereocenters. The quantitative estimate of drug-likeness (QED) is 0.442. The third kappa shape index (κ3) is 582. The van der Waals surface area contributed by atoms with Crippen molar-refractivity contribution in [1.29, 1.82) is 0 Å². The van der Waals surface area contributed by atoms with Crippen molar-refractivity contribution in [3.05, 3.63) is 13.8 Å². The summed E-state index contributed by atoms with van der Waals surface area (Å²) in [5, 5.41) is 0. The van der Waals surface area contributed by atoms with E-state index in [1.54, 1.807) is 0 Å². The summed E-state index contributed by atoms with van der Waals surface area (Å²) in [5.41, 5.74) is 0. The third-order valence-electron chi connectivity index (χ3n) is 0. The number of halogens is 2. The van der Waals surface area contributed by atoms with Gasteiger partial charge in [0.2, 0.25) is 0 Å². The molecule has 0 fully saturated rings. The summed E-state index contributed by atoms with van der Waals surface area (Å²) in [6, 6.07) is 0. The van der Waals surface area contributed by atoms with Crippen LogP contribution in [0, 0.1) is 25.7 Å². The van der Waals surface area contributed by atoms with Crippen LogP contribution in [0.4, 0.5) is 0 Å². The van der Waals surface area contributed by atoms with Gasteiger partial charge < -0.3 is 13.8 Å². The van der Waals surface area contributed by atoms with E-state index in [-0.39, 0.29) is 46.5 Å². The molecule has 0 spiro atoms. The number of hydrogen-bond donors (Lipinski definition) is 0. The van der Waals surface area contributed by atoms with Crippen LogP contribution in [0.3, 0.4) is 0 Å². The zero-order valence-electron chi connectivity index (χ0n) is 7.89. The van der Waals surface area contributed by atoms with Crippen molar-refractivity contribution in [2.45, 2.75) is 27.7 Å². The molecule has 0 aliphatic heterocycles. The van der Waals surface area contributed by atoms with Crippen molar-refractivity contribution in [2.24, 2.45) is 11.8 Å². The number of rotatable bonds is 0. The Kier molecular flexibility index (Phi) is 60.3. The molecule has 0 unspecified atom stereocenters.